The maximum atomic E-state index is 9.83. The summed E-state index contributed by atoms with van der Waals surface area (Å²) in [6.07, 6.45) is 4.75. The van der Waals surface area contributed by atoms with Gasteiger partial charge in [-0.1, -0.05) is 19.1 Å². The Labute approximate surface area is 95.5 Å². The van der Waals surface area contributed by atoms with Crippen LogP contribution < -0.4 is 0 Å². The van der Waals surface area contributed by atoms with E-state index in [9.17, 15) is 5.11 Å². The normalized spacial score (nSPS) is 17.9. The zero-order valence-electron chi connectivity index (χ0n) is 9.77. The molecule has 0 amide bonds. The lowest BCUT2D eigenvalue weighted by molar-refractivity contribution is 0.481. The monoisotopic (exact) mass is 215 g/mol. The van der Waals surface area contributed by atoms with Crippen LogP contribution in [0.4, 0.5) is 0 Å². The minimum Gasteiger partial charge on any atom is -0.507 e. The van der Waals surface area contributed by atoms with Gasteiger partial charge in [-0.25, -0.2) is 0 Å². The van der Waals surface area contributed by atoms with E-state index in [0.29, 0.717) is 11.7 Å². The zero-order chi connectivity index (χ0) is 11.3. The van der Waals surface area contributed by atoms with Crippen molar-refractivity contribution in [3.05, 3.63) is 30.1 Å². The molecule has 2 aromatic rings. The number of fused-ring (bicyclic) bond motifs is 1. The summed E-state index contributed by atoms with van der Waals surface area (Å²) in [6.45, 7) is 2.30. The highest BCUT2D eigenvalue weighted by Gasteiger charge is 2.31. The summed E-state index contributed by atoms with van der Waals surface area (Å²) >= 11 is 0. The first-order valence-electron chi connectivity index (χ1n) is 5.95. The molecule has 1 saturated carbocycles. The van der Waals surface area contributed by atoms with Crippen molar-refractivity contribution in [1.29, 1.82) is 0 Å². The van der Waals surface area contributed by atoms with Crippen molar-refractivity contribution in [1.82, 2.24) is 4.57 Å². The van der Waals surface area contributed by atoms with Crippen molar-refractivity contribution in [2.45, 2.75) is 25.7 Å². The Bertz CT molecular complexity index is 537. The molecule has 0 radical (unpaired) electrons. The van der Waals surface area contributed by atoms with Crippen molar-refractivity contribution in [2.24, 2.45) is 13.0 Å². The fourth-order valence-corrected chi connectivity index (χ4v) is 2.75. The molecule has 1 N–H and O–H groups in total. The van der Waals surface area contributed by atoms with Crippen LogP contribution in [-0.4, -0.2) is 9.67 Å². The van der Waals surface area contributed by atoms with Crippen molar-refractivity contribution in [3.63, 3.8) is 0 Å². The third kappa shape index (κ3) is 1.33. The van der Waals surface area contributed by atoms with E-state index in [0.717, 1.165) is 11.3 Å². The van der Waals surface area contributed by atoms with Gasteiger partial charge in [-0.05, 0) is 30.7 Å². The molecule has 0 spiro atoms. The van der Waals surface area contributed by atoms with Gasteiger partial charge in [0.1, 0.15) is 5.75 Å². The number of hydrogen-bond acceptors (Lipinski definition) is 1. The Kier molecular flexibility index (Phi) is 2.00. The number of hydrogen-bond donors (Lipinski definition) is 1. The number of benzene rings is 1. The van der Waals surface area contributed by atoms with Crippen molar-refractivity contribution < 1.29 is 5.11 Å². The molecule has 0 bridgehead atoms. The largest absolute Gasteiger partial charge is 0.507 e. The summed E-state index contributed by atoms with van der Waals surface area (Å²) < 4.78 is 2.17. The molecule has 1 fully saturated rings. The lowest BCUT2D eigenvalue weighted by Crippen LogP contribution is -2.02. The number of aromatic hydroxyl groups is 1. The molecule has 84 valence electrons. The van der Waals surface area contributed by atoms with E-state index in [-0.39, 0.29) is 0 Å². The second-order valence-electron chi connectivity index (χ2n) is 4.99. The minimum absolute atomic E-state index is 0.391. The molecule has 1 unspecified atom stereocenters. The maximum absolute atomic E-state index is 9.83. The van der Waals surface area contributed by atoms with Gasteiger partial charge in [0.25, 0.3) is 0 Å². The third-order valence-corrected chi connectivity index (χ3v) is 3.82. The van der Waals surface area contributed by atoms with E-state index in [4.69, 9.17) is 0 Å². The fraction of sp³-hybridized carbons (Fsp3) is 0.429. The van der Waals surface area contributed by atoms with Gasteiger partial charge in [0.05, 0.1) is 0 Å². The number of phenolic OH excluding ortho intramolecular Hbond substituents is 1. The van der Waals surface area contributed by atoms with Crippen LogP contribution in [0.25, 0.3) is 10.8 Å². The molecule has 1 atom stereocenters. The second-order valence-corrected chi connectivity index (χ2v) is 4.99. The second kappa shape index (κ2) is 3.27. The van der Waals surface area contributed by atoms with Crippen molar-refractivity contribution in [2.75, 3.05) is 0 Å². The lowest BCUT2D eigenvalue weighted by atomic mass is 9.98. The van der Waals surface area contributed by atoms with Crippen molar-refractivity contribution in [3.8, 4) is 5.75 Å². The van der Waals surface area contributed by atoms with Gasteiger partial charge in [0.15, 0.2) is 0 Å². The Hall–Kier alpha value is -1.44. The van der Waals surface area contributed by atoms with Gasteiger partial charge in [-0.2, -0.15) is 0 Å². The standard InChI is InChI=1S/C14H17NO/c1-9(10-6-7-10)14-11-4-3-5-13(16)12(11)8-15(14)2/h3-5,8-10,16H,6-7H2,1-2H3. The SMILES string of the molecule is CC(c1c2cccc(O)c2cn1C)C1CC1. The Morgan fingerprint density at radius 1 is 1.31 bits per heavy atom. The highest BCUT2D eigenvalue weighted by Crippen LogP contribution is 2.45. The summed E-state index contributed by atoms with van der Waals surface area (Å²) in [5.41, 5.74) is 1.37. The molecular weight excluding hydrogens is 198 g/mol. The Balaban J connectivity index is 2.22. The van der Waals surface area contributed by atoms with Crippen LogP contribution in [0.3, 0.4) is 0 Å². The van der Waals surface area contributed by atoms with Crippen LogP contribution in [0.1, 0.15) is 31.4 Å². The molecule has 16 heavy (non-hydrogen) atoms. The molecule has 2 heteroatoms. The smallest absolute Gasteiger partial charge is 0.124 e. The van der Waals surface area contributed by atoms with Gasteiger partial charge in [0, 0.05) is 29.7 Å². The van der Waals surface area contributed by atoms with Gasteiger partial charge in [0.2, 0.25) is 0 Å². The van der Waals surface area contributed by atoms with Gasteiger partial charge < -0.3 is 9.67 Å². The number of phenols is 1. The number of rotatable bonds is 2. The average molecular weight is 215 g/mol. The summed E-state index contributed by atoms with van der Waals surface area (Å²) in [5.74, 6) is 1.84. The Morgan fingerprint density at radius 2 is 2.06 bits per heavy atom. The number of nitrogens with zero attached hydrogens (tertiary/aromatic N) is 1. The van der Waals surface area contributed by atoms with E-state index in [2.05, 4.69) is 24.6 Å². The van der Waals surface area contributed by atoms with E-state index >= 15 is 0 Å². The average Bonchev–Trinajstić information content (AvgIpc) is 3.02. The van der Waals surface area contributed by atoms with Gasteiger partial charge >= 0.3 is 0 Å². The number of aromatic nitrogens is 1. The van der Waals surface area contributed by atoms with Crippen LogP contribution in [0.2, 0.25) is 0 Å². The van der Waals surface area contributed by atoms with Crippen LogP contribution in [0.15, 0.2) is 24.4 Å². The van der Waals surface area contributed by atoms with Crippen LogP contribution in [-0.2, 0) is 7.05 Å². The first-order valence-corrected chi connectivity index (χ1v) is 5.95. The van der Waals surface area contributed by atoms with Crippen LogP contribution in [0, 0.1) is 5.92 Å². The Morgan fingerprint density at radius 3 is 2.75 bits per heavy atom. The molecule has 2 nitrogen and oxygen atoms in total. The summed E-state index contributed by atoms with van der Waals surface area (Å²) in [5, 5.41) is 12.0. The molecular formula is C14H17NO. The molecule has 1 aliphatic rings. The fourth-order valence-electron chi connectivity index (χ4n) is 2.75. The lowest BCUT2D eigenvalue weighted by Gasteiger charge is -2.12. The van der Waals surface area contributed by atoms with E-state index in [1.54, 1.807) is 6.07 Å². The molecule has 0 aliphatic heterocycles. The summed E-state index contributed by atoms with van der Waals surface area (Å²) in [4.78, 5) is 0. The van der Waals surface area contributed by atoms with Gasteiger partial charge in [-0.15, -0.1) is 0 Å². The number of aryl methyl sites for hydroxylation is 1. The zero-order valence-corrected chi connectivity index (χ0v) is 9.77. The highest BCUT2D eigenvalue weighted by atomic mass is 16.3. The molecule has 1 aromatic carbocycles. The van der Waals surface area contributed by atoms with Crippen LogP contribution >= 0.6 is 0 Å². The quantitative estimate of drug-likeness (QED) is 0.816. The third-order valence-electron chi connectivity index (χ3n) is 3.82. The van der Waals surface area contributed by atoms with E-state index in [1.807, 2.05) is 12.3 Å². The van der Waals surface area contributed by atoms with E-state index < -0.39 is 0 Å². The predicted molar refractivity (Wildman–Crippen MR) is 65.7 cm³/mol. The maximum Gasteiger partial charge on any atom is 0.124 e. The molecule has 0 saturated heterocycles. The predicted octanol–water partition coefficient (Wildman–Crippen LogP) is 3.40. The van der Waals surface area contributed by atoms with Crippen molar-refractivity contribution >= 4 is 10.8 Å². The molecule has 1 aromatic heterocycles. The minimum atomic E-state index is 0.391. The molecule has 1 heterocycles. The topological polar surface area (TPSA) is 25.2 Å². The first-order chi connectivity index (χ1) is 7.68. The van der Waals surface area contributed by atoms with E-state index in [1.165, 1.54) is 23.9 Å². The summed E-state index contributed by atoms with van der Waals surface area (Å²) in [6, 6.07) is 5.80. The molecule has 3 rings (SSSR count). The van der Waals surface area contributed by atoms with Gasteiger partial charge in [-0.3, -0.25) is 0 Å². The molecule has 1 aliphatic carbocycles. The summed E-state index contributed by atoms with van der Waals surface area (Å²) in [7, 11) is 2.08. The first kappa shape index (κ1) is 9.76. The highest BCUT2D eigenvalue weighted by molar-refractivity contribution is 5.91. The van der Waals surface area contributed by atoms with Crippen LogP contribution in [0.5, 0.6) is 5.75 Å².